The van der Waals surface area contributed by atoms with Crippen LogP contribution < -0.4 is 10.1 Å². The molecule has 1 aliphatic heterocycles. The number of carbonyl (C=O) groups is 1. The molecule has 0 saturated carbocycles. The summed E-state index contributed by atoms with van der Waals surface area (Å²) in [7, 11) is 0. The first-order valence-electron chi connectivity index (χ1n) is 8.28. The molecule has 1 N–H and O–H groups in total. The van der Waals surface area contributed by atoms with Crippen molar-refractivity contribution < 1.29 is 13.9 Å². The van der Waals surface area contributed by atoms with E-state index < -0.39 is 0 Å². The van der Waals surface area contributed by atoms with Crippen LogP contribution in [0.5, 0.6) is 5.75 Å². The predicted octanol–water partition coefficient (Wildman–Crippen LogP) is 3.04. The van der Waals surface area contributed by atoms with Crippen molar-refractivity contribution in [3.63, 3.8) is 0 Å². The van der Waals surface area contributed by atoms with Gasteiger partial charge >= 0.3 is 0 Å². The molecule has 128 valence electrons. The van der Waals surface area contributed by atoms with E-state index in [0.29, 0.717) is 18.0 Å². The quantitative estimate of drug-likeness (QED) is 0.773. The molecule has 1 amide bonds. The SMILES string of the molecule is O=C(Nc1cccc(OCc2nnc3n2CCCC3)c1)c1ccco1. The molecule has 0 radical (unpaired) electrons. The Kier molecular flexibility index (Phi) is 4.20. The number of fused-ring (bicyclic) bond motifs is 1. The van der Waals surface area contributed by atoms with E-state index in [9.17, 15) is 4.79 Å². The van der Waals surface area contributed by atoms with Gasteiger partial charge in [0.15, 0.2) is 11.6 Å². The molecule has 1 aromatic carbocycles. The molecular weight excluding hydrogens is 320 g/mol. The summed E-state index contributed by atoms with van der Waals surface area (Å²) in [5.41, 5.74) is 0.641. The molecule has 0 saturated heterocycles. The summed E-state index contributed by atoms with van der Waals surface area (Å²) in [5.74, 6) is 2.49. The summed E-state index contributed by atoms with van der Waals surface area (Å²) in [4.78, 5) is 12.0. The van der Waals surface area contributed by atoms with E-state index in [1.54, 1.807) is 24.3 Å². The Morgan fingerprint density at radius 2 is 2.20 bits per heavy atom. The van der Waals surface area contributed by atoms with Gasteiger partial charge < -0.3 is 19.0 Å². The van der Waals surface area contributed by atoms with E-state index in [1.165, 1.54) is 6.26 Å². The fourth-order valence-corrected chi connectivity index (χ4v) is 2.89. The fraction of sp³-hybridized carbons (Fsp3) is 0.278. The summed E-state index contributed by atoms with van der Waals surface area (Å²) in [5, 5.41) is 11.2. The Labute approximate surface area is 144 Å². The third-order valence-corrected chi connectivity index (χ3v) is 4.14. The molecule has 0 aliphatic carbocycles. The van der Waals surface area contributed by atoms with E-state index in [0.717, 1.165) is 37.5 Å². The lowest BCUT2D eigenvalue weighted by Gasteiger charge is -2.15. The summed E-state index contributed by atoms with van der Waals surface area (Å²) in [6.07, 6.45) is 4.75. The molecule has 0 atom stereocenters. The Balaban J connectivity index is 1.41. The second-order valence-corrected chi connectivity index (χ2v) is 5.89. The van der Waals surface area contributed by atoms with E-state index >= 15 is 0 Å². The molecule has 7 nitrogen and oxygen atoms in total. The number of aryl methyl sites for hydroxylation is 1. The number of amides is 1. The van der Waals surface area contributed by atoms with Gasteiger partial charge in [-0.15, -0.1) is 10.2 Å². The van der Waals surface area contributed by atoms with Crippen LogP contribution in [0.15, 0.2) is 47.1 Å². The predicted molar refractivity (Wildman–Crippen MR) is 90.4 cm³/mol. The van der Waals surface area contributed by atoms with Crippen molar-refractivity contribution in [1.82, 2.24) is 14.8 Å². The molecule has 4 rings (SSSR count). The highest BCUT2D eigenvalue weighted by molar-refractivity contribution is 6.02. The highest BCUT2D eigenvalue weighted by Gasteiger charge is 2.16. The fourth-order valence-electron chi connectivity index (χ4n) is 2.89. The molecule has 0 bridgehead atoms. The summed E-state index contributed by atoms with van der Waals surface area (Å²) in [6, 6.07) is 10.5. The van der Waals surface area contributed by atoms with Gasteiger partial charge in [-0.2, -0.15) is 0 Å². The van der Waals surface area contributed by atoms with Gasteiger partial charge in [0.05, 0.1) is 6.26 Å². The van der Waals surface area contributed by atoms with E-state index in [2.05, 4.69) is 20.1 Å². The summed E-state index contributed by atoms with van der Waals surface area (Å²) >= 11 is 0. The number of carbonyl (C=O) groups excluding carboxylic acids is 1. The smallest absolute Gasteiger partial charge is 0.291 e. The van der Waals surface area contributed by atoms with Gasteiger partial charge in [-0.05, 0) is 37.1 Å². The zero-order valence-electron chi connectivity index (χ0n) is 13.6. The first kappa shape index (κ1) is 15.4. The average molecular weight is 338 g/mol. The topological polar surface area (TPSA) is 82.2 Å². The average Bonchev–Trinajstić information content (AvgIpc) is 3.30. The normalized spacial score (nSPS) is 13.3. The summed E-state index contributed by atoms with van der Waals surface area (Å²) in [6.45, 7) is 1.29. The highest BCUT2D eigenvalue weighted by Crippen LogP contribution is 2.20. The monoisotopic (exact) mass is 338 g/mol. The van der Waals surface area contributed by atoms with Crippen molar-refractivity contribution in [2.24, 2.45) is 0 Å². The number of nitrogens with one attached hydrogen (secondary N) is 1. The van der Waals surface area contributed by atoms with Crippen molar-refractivity contribution in [3.8, 4) is 5.75 Å². The second kappa shape index (κ2) is 6.80. The van der Waals surface area contributed by atoms with Crippen LogP contribution in [0.1, 0.15) is 35.0 Å². The van der Waals surface area contributed by atoms with Gasteiger partial charge in [-0.25, -0.2) is 0 Å². The lowest BCUT2D eigenvalue weighted by molar-refractivity contribution is 0.0996. The molecular formula is C18H18N4O3. The van der Waals surface area contributed by atoms with E-state index in [-0.39, 0.29) is 11.7 Å². The zero-order chi connectivity index (χ0) is 17.1. The minimum Gasteiger partial charge on any atom is -0.486 e. The second-order valence-electron chi connectivity index (χ2n) is 5.89. The molecule has 0 spiro atoms. The number of ether oxygens (including phenoxy) is 1. The van der Waals surface area contributed by atoms with Crippen LogP contribution in [0.2, 0.25) is 0 Å². The lowest BCUT2D eigenvalue weighted by atomic mass is 10.2. The van der Waals surface area contributed by atoms with Gasteiger partial charge in [-0.3, -0.25) is 4.79 Å². The Morgan fingerprint density at radius 3 is 3.08 bits per heavy atom. The van der Waals surface area contributed by atoms with Gasteiger partial charge in [0.2, 0.25) is 0 Å². The third kappa shape index (κ3) is 3.40. The Hall–Kier alpha value is -3.09. The van der Waals surface area contributed by atoms with Crippen LogP contribution in [0.3, 0.4) is 0 Å². The minimum atomic E-state index is -0.298. The molecule has 1 aliphatic rings. The van der Waals surface area contributed by atoms with Gasteiger partial charge in [0.25, 0.3) is 5.91 Å². The number of anilines is 1. The number of nitrogens with zero attached hydrogens (tertiary/aromatic N) is 3. The van der Waals surface area contributed by atoms with Crippen molar-refractivity contribution >= 4 is 11.6 Å². The third-order valence-electron chi connectivity index (χ3n) is 4.14. The van der Waals surface area contributed by atoms with Gasteiger partial charge in [0.1, 0.15) is 18.2 Å². The van der Waals surface area contributed by atoms with Crippen LogP contribution in [0.4, 0.5) is 5.69 Å². The maximum atomic E-state index is 12.0. The highest BCUT2D eigenvalue weighted by atomic mass is 16.5. The van der Waals surface area contributed by atoms with Crippen LogP contribution >= 0.6 is 0 Å². The first-order valence-corrected chi connectivity index (χ1v) is 8.28. The molecule has 3 heterocycles. The van der Waals surface area contributed by atoms with Gasteiger partial charge in [-0.1, -0.05) is 6.07 Å². The molecule has 0 unspecified atom stereocenters. The molecule has 3 aromatic rings. The number of benzene rings is 1. The molecule has 0 fully saturated rings. The number of rotatable bonds is 5. The largest absolute Gasteiger partial charge is 0.486 e. The molecule has 2 aromatic heterocycles. The van der Waals surface area contributed by atoms with Crippen molar-refractivity contribution in [3.05, 3.63) is 60.1 Å². The van der Waals surface area contributed by atoms with E-state index in [4.69, 9.17) is 9.15 Å². The summed E-state index contributed by atoms with van der Waals surface area (Å²) < 4.78 is 13.0. The maximum Gasteiger partial charge on any atom is 0.291 e. The minimum absolute atomic E-state index is 0.265. The van der Waals surface area contributed by atoms with Crippen molar-refractivity contribution in [1.29, 1.82) is 0 Å². The van der Waals surface area contributed by atoms with Crippen LogP contribution in [-0.4, -0.2) is 20.7 Å². The van der Waals surface area contributed by atoms with E-state index in [1.807, 2.05) is 12.1 Å². The first-order chi connectivity index (χ1) is 12.3. The van der Waals surface area contributed by atoms with Crippen LogP contribution in [0.25, 0.3) is 0 Å². The van der Waals surface area contributed by atoms with Crippen molar-refractivity contribution in [2.75, 3.05) is 5.32 Å². The maximum absolute atomic E-state index is 12.0. The molecule has 7 heteroatoms. The number of furan rings is 1. The lowest BCUT2D eigenvalue weighted by Crippen LogP contribution is -2.14. The standard InChI is InChI=1S/C18H18N4O3/c23-18(15-7-4-10-24-15)19-13-5-3-6-14(11-13)25-12-17-21-20-16-8-1-2-9-22(16)17/h3-7,10-11H,1-2,8-9,12H2,(H,19,23). The Bertz CT molecular complexity index is 870. The van der Waals surface area contributed by atoms with Crippen LogP contribution in [0, 0.1) is 0 Å². The number of aromatic nitrogens is 3. The number of hydrogen-bond donors (Lipinski definition) is 1. The Morgan fingerprint density at radius 1 is 1.24 bits per heavy atom. The van der Waals surface area contributed by atoms with Crippen molar-refractivity contribution in [2.45, 2.75) is 32.4 Å². The van der Waals surface area contributed by atoms with Gasteiger partial charge in [0, 0.05) is 24.7 Å². The zero-order valence-corrected chi connectivity index (χ0v) is 13.6. The number of hydrogen-bond acceptors (Lipinski definition) is 5. The molecule has 25 heavy (non-hydrogen) atoms. The van der Waals surface area contributed by atoms with Crippen LogP contribution in [-0.2, 0) is 19.6 Å².